The smallest absolute Gasteiger partial charge is 0.286 e. The van der Waals surface area contributed by atoms with Crippen molar-refractivity contribution in [2.45, 2.75) is 20.3 Å². The summed E-state index contributed by atoms with van der Waals surface area (Å²) in [6, 6.07) is 3.39. The maximum absolute atomic E-state index is 11.4. The molecule has 0 aliphatic heterocycles. The van der Waals surface area contributed by atoms with Crippen LogP contribution in [0.5, 0.6) is 0 Å². The molecular formula is C12H19NO2S. The number of carbonyl (C=O) groups excluding carboxylic acids is 1. The van der Waals surface area contributed by atoms with Crippen LogP contribution in [0.15, 0.2) is 22.8 Å². The Kier molecular flexibility index (Phi) is 6.08. The predicted octanol–water partition coefficient (Wildman–Crippen LogP) is 2.79. The third kappa shape index (κ3) is 5.26. The van der Waals surface area contributed by atoms with Crippen LogP contribution in [-0.2, 0) is 0 Å². The van der Waals surface area contributed by atoms with Gasteiger partial charge in [0.25, 0.3) is 5.91 Å². The second-order valence-corrected chi connectivity index (χ2v) is 5.21. The highest BCUT2D eigenvalue weighted by Gasteiger charge is 2.06. The van der Waals surface area contributed by atoms with Gasteiger partial charge in [-0.2, -0.15) is 11.8 Å². The van der Waals surface area contributed by atoms with Crippen LogP contribution in [0, 0.1) is 5.92 Å². The van der Waals surface area contributed by atoms with Crippen molar-refractivity contribution in [3.8, 4) is 0 Å². The third-order valence-electron chi connectivity index (χ3n) is 1.95. The summed E-state index contributed by atoms with van der Waals surface area (Å²) in [5, 5.41) is 2.83. The fraction of sp³-hybridized carbons (Fsp3) is 0.583. The summed E-state index contributed by atoms with van der Waals surface area (Å²) in [7, 11) is 0. The van der Waals surface area contributed by atoms with Gasteiger partial charge in [-0.05, 0) is 36.0 Å². The number of carbonyl (C=O) groups is 1. The van der Waals surface area contributed by atoms with E-state index in [1.165, 1.54) is 12.0 Å². The quantitative estimate of drug-likeness (QED) is 0.746. The molecule has 1 aromatic heterocycles. The molecule has 4 heteroatoms. The van der Waals surface area contributed by atoms with Gasteiger partial charge in [0, 0.05) is 6.54 Å². The summed E-state index contributed by atoms with van der Waals surface area (Å²) < 4.78 is 4.99. The highest BCUT2D eigenvalue weighted by Crippen LogP contribution is 2.08. The number of furan rings is 1. The maximum Gasteiger partial charge on any atom is 0.286 e. The Hall–Kier alpha value is -0.900. The van der Waals surface area contributed by atoms with Crippen LogP contribution in [0.2, 0.25) is 0 Å². The first-order valence-electron chi connectivity index (χ1n) is 5.59. The lowest BCUT2D eigenvalue weighted by Gasteiger charge is -2.05. The molecule has 1 rings (SSSR count). The Morgan fingerprint density at radius 2 is 2.38 bits per heavy atom. The van der Waals surface area contributed by atoms with Crippen molar-refractivity contribution in [2.24, 2.45) is 5.92 Å². The monoisotopic (exact) mass is 241 g/mol. The zero-order valence-electron chi connectivity index (χ0n) is 9.86. The minimum atomic E-state index is -0.126. The zero-order valence-corrected chi connectivity index (χ0v) is 10.7. The van der Waals surface area contributed by atoms with Crippen LogP contribution in [0.4, 0.5) is 0 Å². The first-order valence-corrected chi connectivity index (χ1v) is 6.75. The topological polar surface area (TPSA) is 42.2 Å². The van der Waals surface area contributed by atoms with E-state index in [9.17, 15) is 4.79 Å². The number of nitrogens with one attached hydrogen (secondary N) is 1. The molecule has 0 unspecified atom stereocenters. The molecule has 0 fully saturated rings. The van der Waals surface area contributed by atoms with E-state index in [2.05, 4.69) is 19.2 Å². The van der Waals surface area contributed by atoms with Gasteiger partial charge in [-0.3, -0.25) is 4.79 Å². The molecule has 90 valence electrons. The SMILES string of the molecule is CC(C)CSCCCNC(=O)c1ccco1. The van der Waals surface area contributed by atoms with Crippen LogP contribution < -0.4 is 5.32 Å². The van der Waals surface area contributed by atoms with E-state index >= 15 is 0 Å². The molecule has 0 bridgehead atoms. The molecule has 1 N–H and O–H groups in total. The molecule has 0 spiro atoms. The van der Waals surface area contributed by atoms with Crippen LogP contribution in [0.3, 0.4) is 0 Å². The molecule has 0 atom stereocenters. The van der Waals surface area contributed by atoms with Gasteiger partial charge in [-0.25, -0.2) is 0 Å². The fourth-order valence-corrected chi connectivity index (χ4v) is 2.18. The van der Waals surface area contributed by atoms with Crippen LogP contribution in [0.1, 0.15) is 30.8 Å². The molecule has 0 aliphatic rings. The van der Waals surface area contributed by atoms with Gasteiger partial charge in [0.15, 0.2) is 5.76 Å². The lowest BCUT2D eigenvalue weighted by Crippen LogP contribution is -2.24. The van der Waals surface area contributed by atoms with E-state index in [1.54, 1.807) is 12.1 Å². The average Bonchev–Trinajstić information content (AvgIpc) is 2.75. The minimum absolute atomic E-state index is 0.126. The van der Waals surface area contributed by atoms with E-state index in [4.69, 9.17) is 4.42 Å². The highest BCUT2D eigenvalue weighted by molar-refractivity contribution is 7.99. The Bertz CT molecular complexity index is 296. The number of hydrogen-bond donors (Lipinski definition) is 1. The summed E-state index contributed by atoms with van der Waals surface area (Å²) in [5.74, 6) is 3.28. The molecular weight excluding hydrogens is 222 g/mol. The van der Waals surface area contributed by atoms with Crippen LogP contribution in [-0.4, -0.2) is 24.0 Å². The van der Waals surface area contributed by atoms with E-state index in [1.807, 2.05) is 11.8 Å². The summed E-state index contributed by atoms with van der Waals surface area (Å²) in [5.41, 5.74) is 0. The lowest BCUT2D eigenvalue weighted by atomic mass is 10.3. The summed E-state index contributed by atoms with van der Waals surface area (Å²) in [4.78, 5) is 11.4. The Labute approximate surface area is 101 Å². The highest BCUT2D eigenvalue weighted by atomic mass is 32.2. The molecule has 0 aliphatic carbocycles. The van der Waals surface area contributed by atoms with E-state index in [0.29, 0.717) is 12.3 Å². The summed E-state index contributed by atoms with van der Waals surface area (Å²) in [6.45, 7) is 5.14. The molecule has 3 nitrogen and oxygen atoms in total. The van der Waals surface area contributed by atoms with Gasteiger partial charge in [-0.1, -0.05) is 13.8 Å². The molecule has 1 aromatic rings. The molecule has 1 amide bonds. The third-order valence-corrected chi connectivity index (χ3v) is 3.43. The van der Waals surface area contributed by atoms with E-state index in [0.717, 1.165) is 18.1 Å². The predicted molar refractivity (Wildman–Crippen MR) is 67.8 cm³/mol. The Morgan fingerprint density at radius 1 is 1.56 bits per heavy atom. The van der Waals surface area contributed by atoms with Crippen molar-refractivity contribution in [3.63, 3.8) is 0 Å². The van der Waals surface area contributed by atoms with Gasteiger partial charge < -0.3 is 9.73 Å². The Morgan fingerprint density at radius 3 is 3.00 bits per heavy atom. The van der Waals surface area contributed by atoms with E-state index < -0.39 is 0 Å². The molecule has 0 saturated carbocycles. The van der Waals surface area contributed by atoms with Gasteiger partial charge >= 0.3 is 0 Å². The number of rotatable bonds is 7. The number of thioether (sulfide) groups is 1. The second kappa shape index (κ2) is 7.39. The van der Waals surface area contributed by atoms with Crippen LogP contribution >= 0.6 is 11.8 Å². The normalized spacial score (nSPS) is 10.7. The van der Waals surface area contributed by atoms with Crippen LogP contribution in [0.25, 0.3) is 0 Å². The average molecular weight is 241 g/mol. The molecule has 0 saturated heterocycles. The number of amides is 1. The van der Waals surface area contributed by atoms with Gasteiger partial charge in [0.1, 0.15) is 0 Å². The first kappa shape index (κ1) is 13.2. The molecule has 0 aromatic carbocycles. The maximum atomic E-state index is 11.4. The van der Waals surface area contributed by atoms with Gasteiger partial charge in [0.2, 0.25) is 0 Å². The van der Waals surface area contributed by atoms with Crippen molar-refractivity contribution in [3.05, 3.63) is 24.2 Å². The van der Waals surface area contributed by atoms with Crippen molar-refractivity contribution in [1.29, 1.82) is 0 Å². The largest absolute Gasteiger partial charge is 0.459 e. The summed E-state index contributed by atoms with van der Waals surface area (Å²) in [6.07, 6.45) is 2.51. The fourth-order valence-electron chi connectivity index (χ4n) is 1.19. The van der Waals surface area contributed by atoms with Crippen molar-refractivity contribution in [1.82, 2.24) is 5.32 Å². The van der Waals surface area contributed by atoms with Crippen molar-refractivity contribution in [2.75, 3.05) is 18.1 Å². The molecule has 16 heavy (non-hydrogen) atoms. The summed E-state index contributed by atoms with van der Waals surface area (Å²) >= 11 is 1.94. The lowest BCUT2D eigenvalue weighted by molar-refractivity contribution is 0.0926. The van der Waals surface area contributed by atoms with Crippen molar-refractivity contribution >= 4 is 17.7 Å². The standard InChI is InChI=1S/C12H19NO2S/c1-10(2)9-16-8-4-6-13-12(14)11-5-3-7-15-11/h3,5,7,10H,4,6,8-9H2,1-2H3,(H,13,14). The number of hydrogen-bond acceptors (Lipinski definition) is 3. The zero-order chi connectivity index (χ0) is 11.8. The molecule has 0 radical (unpaired) electrons. The van der Waals surface area contributed by atoms with Gasteiger partial charge in [-0.15, -0.1) is 0 Å². The van der Waals surface area contributed by atoms with Crippen molar-refractivity contribution < 1.29 is 9.21 Å². The van der Waals surface area contributed by atoms with Gasteiger partial charge in [0.05, 0.1) is 6.26 Å². The second-order valence-electron chi connectivity index (χ2n) is 4.06. The van der Waals surface area contributed by atoms with E-state index in [-0.39, 0.29) is 5.91 Å². The minimum Gasteiger partial charge on any atom is -0.459 e. The Balaban J connectivity index is 2.01. The first-order chi connectivity index (χ1) is 7.70. The molecule has 1 heterocycles.